The highest BCUT2D eigenvalue weighted by atomic mass is 35.5. The topological polar surface area (TPSA) is 35.2 Å². The van der Waals surface area contributed by atoms with Crippen molar-refractivity contribution in [2.24, 2.45) is 5.73 Å². The zero-order chi connectivity index (χ0) is 15.2. The minimum atomic E-state index is 0.171. The summed E-state index contributed by atoms with van der Waals surface area (Å²) in [6.07, 6.45) is 1.80. The largest absolute Gasteiger partial charge is 0.489 e. The lowest BCUT2D eigenvalue weighted by Crippen LogP contribution is -2.21. The van der Waals surface area contributed by atoms with E-state index in [9.17, 15) is 0 Å². The average Bonchev–Trinajstić information content (AvgIpc) is 2.48. The van der Waals surface area contributed by atoms with Crippen LogP contribution in [0.2, 0.25) is 5.02 Å². The van der Waals surface area contributed by atoms with Crippen molar-refractivity contribution in [1.82, 2.24) is 0 Å². The van der Waals surface area contributed by atoms with Crippen LogP contribution in [0, 0.1) is 6.92 Å². The standard InChI is InChI=1S/C18H22ClNO/c1-3-17(20)11-15-10-13(2)4-9-18(15)21-12-14-5-7-16(19)8-6-14/h4-10,17H,3,11-12,20H2,1-2H3. The SMILES string of the molecule is CCC(N)Cc1cc(C)ccc1OCc1ccc(Cl)cc1. The maximum atomic E-state index is 6.08. The van der Waals surface area contributed by atoms with Gasteiger partial charge in [0.15, 0.2) is 0 Å². The normalized spacial score (nSPS) is 12.2. The van der Waals surface area contributed by atoms with Crippen molar-refractivity contribution < 1.29 is 4.74 Å². The molecule has 2 rings (SSSR count). The second kappa shape index (κ2) is 7.48. The van der Waals surface area contributed by atoms with Crippen LogP contribution in [0.1, 0.15) is 30.0 Å². The predicted molar refractivity (Wildman–Crippen MR) is 88.9 cm³/mol. The molecule has 0 fully saturated rings. The first kappa shape index (κ1) is 15.9. The highest BCUT2D eigenvalue weighted by Crippen LogP contribution is 2.23. The van der Waals surface area contributed by atoms with Gasteiger partial charge >= 0.3 is 0 Å². The molecule has 1 unspecified atom stereocenters. The molecule has 2 aromatic rings. The van der Waals surface area contributed by atoms with Crippen LogP contribution in [-0.2, 0) is 13.0 Å². The number of ether oxygens (including phenoxy) is 1. The van der Waals surface area contributed by atoms with E-state index in [1.54, 1.807) is 0 Å². The van der Waals surface area contributed by atoms with Crippen molar-refractivity contribution in [3.8, 4) is 5.75 Å². The van der Waals surface area contributed by atoms with Crippen LogP contribution in [0.25, 0.3) is 0 Å². The Bertz CT molecular complexity index is 580. The van der Waals surface area contributed by atoms with E-state index < -0.39 is 0 Å². The van der Waals surface area contributed by atoms with Gasteiger partial charge in [-0.1, -0.05) is 48.4 Å². The molecule has 0 amide bonds. The van der Waals surface area contributed by atoms with Gasteiger partial charge in [0.05, 0.1) is 0 Å². The monoisotopic (exact) mass is 303 g/mol. The number of rotatable bonds is 6. The number of halogens is 1. The van der Waals surface area contributed by atoms with Crippen molar-refractivity contribution in [2.75, 3.05) is 0 Å². The van der Waals surface area contributed by atoms with Crippen molar-refractivity contribution in [2.45, 2.75) is 39.3 Å². The van der Waals surface area contributed by atoms with E-state index in [-0.39, 0.29) is 6.04 Å². The highest BCUT2D eigenvalue weighted by Gasteiger charge is 2.08. The molecule has 0 heterocycles. The first-order chi connectivity index (χ1) is 10.1. The predicted octanol–water partition coefficient (Wildman–Crippen LogP) is 4.51. The highest BCUT2D eigenvalue weighted by molar-refractivity contribution is 6.30. The summed E-state index contributed by atoms with van der Waals surface area (Å²) in [5.74, 6) is 0.916. The Morgan fingerprint density at radius 3 is 2.52 bits per heavy atom. The van der Waals surface area contributed by atoms with Gasteiger partial charge in [-0.2, -0.15) is 0 Å². The Labute approximate surface area is 131 Å². The molecule has 0 bridgehead atoms. The van der Waals surface area contributed by atoms with Crippen molar-refractivity contribution in [3.05, 3.63) is 64.2 Å². The molecule has 1 atom stereocenters. The summed E-state index contributed by atoms with van der Waals surface area (Å²) in [6, 6.07) is 14.1. The third kappa shape index (κ3) is 4.76. The summed E-state index contributed by atoms with van der Waals surface area (Å²) >= 11 is 5.89. The molecule has 0 saturated heterocycles. The van der Waals surface area contributed by atoms with Gasteiger partial charge in [0.1, 0.15) is 12.4 Å². The summed E-state index contributed by atoms with van der Waals surface area (Å²) < 4.78 is 5.96. The fraction of sp³-hybridized carbons (Fsp3) is 0.333. The number of nitrogens with two attached hydrogens (primary N) is 1. The minimum Gasteiger partial charge on any atom is -0.489 e. The second-order valence-corrected chi connectivity index (χ2v) is 5.84. The summed E-state index contributed by atoms with van der Waals surface area (Å²) in [4.78, 5) is 0. The van der Waals surface area contributed by atoms with E-state index in [2.05, 4.69) is 26.0 Å². The van der Waals surface area contributed by atoms with E-state index in [0.717, 1.165) is 29.2 Å². The fourth-order valence-corrected chi connectivity index (χ4v) is 2.30. The van der Waals surface area contributed by atoms with Crippen LogP contribution in [0.5, 0.6) is 5.75 Å². The van der Waals surface area contributed by atoms with Crippen LogP contribution in [0.3, 0.4) is 0 Å². The summed E-state index contributed by atoms with van der Waals surface area (Å²) in [7, 11) is 0. The van der Waals surface area contributed by atoms with Gasteiger partial charge < -0.3 is 10.5 Å². The van der Waals surface area contributed by atoms with E-state index in [0.29, 0.717) is 6.61 Å². The molecule has 0 aromatic heterocycles. The van der Waals surface area contributed by atoms with Gasteiger partial charge in [-0.3, -0.25) is 0 Å². The molecule has 2 nitrogen and oxygen atoms in total. The average molecular weight is 304 g/mol. The van der Waals surface area contributed by atoms with Gasteiger partial charge in [0, 0.05) is 11.1 Å². The molecule has 0 saturated carbocycles. The van der Waals surface area contributed by atoms with E-state index in [4.69, 9.17) is 22.1 Å². The lowest BCUT2D eigenvalue weighted by atomic mass is 10.0. The molecule has 0 radical (unpaired) electrons. The lowest BCUT2D eigenvalue weighted by Gasteiger charge is -2.15. The first-order valence-electron chi connectivity index (χ1n) is 7.31. The molecule has 2 N–H and O–H groups in total. The Balaban J connectivity index is 2.09. The smallest absolute Gasteiger partial charge is 0.123 e. The van der Waals surface area contributed by atoms with Crippen LogP contribution < -0.4 is 10.5 Å². The summed E-state index contributed by atoms with van der Waals surface area (Å²) in [5, 5.41) is 0.740. The van der Waals surface area contributed by atoms with Crippen LogP contribution in [0.4, 0.5) is 0 Å². The summed E-state index contributed by atoms with van der Waals surface area (Å²) in [6.45, 7) is 4.73. The number of hydrogen-bond acceptors (Lipinski definition) is 2. The van der Waals surface area contributed by atoms with Crippen LogP contribution >= 0.6 is 11.6 Å². The van der Waals surface area contributed by atoms with Crippen LogP contribution in [-0.4, -0.2) is 6.04 Å². The molecule has 112 valence electrons. The Hall–Kier alpha value is -1.51. The maximum Gasteiger partial charge on any atom is 0.123 e. The molecular weight excluding hydrogens is 282 g/mol. The van der Waals surface area contributed by atoms with E-state index >= 15 is 0 Å². The second-order valence-electron chi connectivity index (χ2n) is 5.40. The third-order valence-corrected chi connectivity index (χ3v) is 3.78. The number of hydrogen-bond donors (Lipinski definition) is 1. The van der Waals surface area contributed by atoms with Gasteiger partial charge in [0.2, 0.25) is 0 Å². The van der Waals surface area contributed by atoms with Gasteiger partial charge in [-0.05, 0) is 49.1 Å². The molecular formula is C18H22ClNO. The van der Waals surface area contributed by atoms with E-state index in [1.807, 2.05) is 30.3 Å². The lowest BCUT2D eigenvalue weighted by molar-refractivity contribution is 0.302. The third-order valence-electron chi connectivity index (χ3n) is 3.53. The van der Waals surface area contributed by atoms with Crippen molar-refractivity contribution in [3.63, 3.8) is 0 Å². The zero-order valence-corrected chi connectivity index (χ0v) is 13.4. The van der Waals surface area contributed by atoms with Crippen LogP contribution in [0.15, 0.2) is 42.5 Å². The molecule has 21 heavy (non-hydrogen) atoms. The maximum absolute atomic E-state index is 6.08. The minimum absolute atomic E-state index is 0.171. The first-order valence-corrected chi connectivity index (χ1v) is 7.68. The van der Waals surface area contributed by atoms with Crippen molar-refractivity contribution >= 4 is 11.6 Å². The Kier molecular flexibility index (Phi) is 5.66. The molecule has 0 spiro atoms. The molecule has 0 aliphatic heterocycles. The van der Waals surface area contributed by atoms with Gasteiger partial charge in [0.25, 0.3) is 0 Å². The van der Waals surface area contributed by atoms with Gasteiger partial charge in [-0.25, -0.2) is 0 Å². The van der Waals surface area contributed by atoms with Crippen molar-refractivity contribution in [1.29, 1.82) is 0 Å². The zero-order valence-electron chi connectivity index (χ0n) is 12.6. The molecule has 3 heteroatoms. The Morgan fingerprint density at radius 1 is 1.14 bits per heavy atom. The van der Waals surface area contributed by atoms with Gasteiger partial charge in [-0.15, -0.1) is 0 Å². The summed E-state index contributed by atoms with van der Waals surface area (Å²) in [5.41, 5.74) is 9.59. The van der Waals surface area contributed by atoms with E-state index in [1.165, 1.54) is 11.1 Å². The molecule has 0 aliphatic rings. The fourth-order valence-electron chi connectivity index (χ4n) is 2.18. The molecule has 0 aliphatic carbocycles. The molecule has 2 aromatic carbocycles. The number of aryl methyl sites for hydroxylation is 1. The Morgan fingerprint density at radius 2 is 1.86 bits per heavy atom. The number of benzene rings is 2. The quantitative estimate of drug-likeness (QED) is 0.852.